The maximum absolute atomic E-state index is 12.1. The standard InChI is InChI=1S/C15H22BN3O3/c1-17-9-11-4-2-5-12(8-11)15(21)18-10-14(20)19-7-3-6-13(19)16-22/h2,4-5,8,13,16-17,22H,3,6-7,9-10H2,1H3,(H,18,21). The van der Waals surface area contributed by atoms with Gasteiger partial charge in [0.05, 0.1) is 6.54 Å². The molecule has 0 aromatic heterocycles. The van der Waals surface area contributed by atoms with Crippen molar-refractivity contribution in [3.8, 4) is 0 Å². The highest BCUT2D eigenvalue weighted by Gasteiger charge is 2.28. The normalized spacial score (nSPS) is 17.4. The second-order valence-corrected chi connectivity index (χ2v) is 5.48. The number of nitrogens with zero attached hydrogens (tertiary/aromatic N) is 1. The summed E-state index contributed by atoms with van der Waals surface area (Å²) in [5.74, 6) is -0.509. The van der Waals surface area contributed by atoms with Crippen molar-refractivity contribution in [2.45, 2.75) is 25.3 Å². The summed E-state index contributed by atoms with van der Waals surface area (Å²) in [5, 5.41) is 14.9. The van der Waals surface area contributed by atoms with Gasteiger partial charge in [-0.25, -0.2) is 0 Å². The zero-order valence-corrected chi connectivity index (χ0v) is 12.8. The van der Waals surface area contributed by atoms with E-state index in [0.29, 0.717) is 18.7 Å². The molecule has 2 rings (SSSR count). The SMILES string of the molecule is CNCc1cccc(C(=O)NCC(=O)N2CCCC2BO)c1. The third-order valence-electron chi connectivity index (χ3n) is 3.88. The Kier molecular flexibility index (Phi) is 5.97. The third kappa shape index (κ3) is 4.08. The number of rotatable bonds is 6. The van der Waals surface area contributed by atoms with E-state index in [9.17, 15) is 14.6 Å². The number of amides is 2. The van der Waals surface area contributed by atoms with Crippen molar-refractivity contribution in [1.29, 1.82) is 0 Å². The fourth-order valence-electron chi connectivity index (χ4n) is 2.74. The lowest BCUT2D eigenvalue weighted by Gasteiger charge is -2.22. The third-order valence-corrected chi connectivity index (χ3v) is 3.88. The molecule has 1 heterocycles. The highest BCUT2D eigenvalue weighted by atomic mass is 16.2. The molecule has 1 unspecified atom stereocenters. The number of carbonyl (C=O) groups excluding carboxylic acids is 2. The van der Waals surface area contributed by atoms with Crippen LogP contribution in [0.5, 0.6) is 0 Å². The van der Waals surface area contributed by atoms with Crippen LogP contribution in [0.1, 0.15) is 28.8 Å². The van der Waals surface area contributed by atoms with Gasteiger partial charge in [0.2, 0.25) is 5.91 Å². The van der Waals surface area contributed by atoms with Crippen LogP contribution in [-0.4, -0.2) is 55.3 Å². The van der Waals surface area contributed by atoms with Gasteiger partial charge in [0, 0.05) is 24.6 Å². The van der Waals surface area contributed by atoms with Crippen molar-refractivity contribution in [2.75, 3.05) is 20.1 Å². The van der Waals surface area contributed by atoms with Gasteiger partial charge in [-0.1, -0.05) is 12.1 Å². The van der Waals surface area contributed by atoms with Gasteiger partial charge >= 0.3 is 0 Å². The van der Waals surface area contributed by atoms with Crippen LogP contribution >= 0.6 is 0 Å². The molecule has 0 radical (unpaired) electrons. The molecule has 0 aliphatic carbocycles. The molecule has 1 fully saturated rings. The second-order valence-electron chi connectivity index (χ2n) is 5.48. The first-order valence-electron chi connectivity index (χ1n) is 7.57. The molecule has 118 valence electrons. The molecule has 1 aliphatic rings. The van der Waals surface area contributed by atoms with E-state index in [-0.39, 0.29) is 31.8 Å². The summed E-state index contributed by atoms with van der Waals surface area (Å²) in [7, 11) is 1.82. The van der Waals surface area contributed by atoms with Gasteiger partial charge in [-0.3, -0.25) is 9.59 Å². The Hall–Kier alpha value is -1.86. The van der Waals surface area contributed by atoms with Crippen LogP contribution in [0.15, 0.2) is 24.3 Å². The Labute approximate surface area is 131 Å². The number of nitrogens with one attached hydrogen (secondary N) is 2. The van der Waals surface area contributed by atoms with E-state index in [2.05, 4.69) is 10.6 Å². The van der Waals surface area contributed by atoms with E-state index in [1.54, 1.807) is 11.0 Å². The summed E-state index contributed by atoms with van der Waals surface area (Å²) in [4.78, 5) is 25.9. The van der Waals surface area contributed by atoms with Crippen molar-refractivity contribution in [2.24, 2.45) is 0 Å². The Morgan fingerprint density at radius 1 is 1.45 bits per heavy atom. The zero-order valence-electron chi connectivity index (χ0n) is 12.8. The molecule has 22 heavy (non-hydrogen) atoms. The van der Waals surface area contributed by atoms with Crippen LogP contribution in [0.3, 0.4) is 0 Å². The van der Waals surface area contributed by atoms with Gasteiger partial charge in [0.15, 0.2) is 0 Å². The Balaban J connectivity index is 1.89. The fraction of sp³-hybridized carbons (Fsp3) is 0.467. The van der Waals surface area contributed by atoms with Gasteiger partial charge in [0.25, 0.3) is 13.4 Å². The summed E-state index contributed by atoms with van der Waals surface area (Å²) in [6, 6.07) is 7.30. The Morgan fingerprint density at radius 3 is 3.00 bits per heavy atom. The summed E-state index contributed by atoms with van der Waals surface area (Å²) in [6.45, 7) is 1.30. The number of carbonyl (C=O) groups is 2. The van der Waals surface area contributed by atoms with E-state index >= 15 is 0 Å². The lowest BCUT2D eigenvalue weighted by Crippen LogP contribution is -2.44. The van der Waals surface area contributed by atoms with Crippen molar-refractivity contribution in [3.63, 3.8) is 0 Å². The molecule has 3 N–H and O–H groups in total. The van der Waals surface area contributed by atoms with E-state index < -0.39 is 0 Å². The Morgan fingerprint density at radius 2 is 2.27 bits per heavy atom. The van der Waals surface area contributed by atoms with E-state index in [1.807, 2.05) is 25.2 Å². The summed E-state index contributed by atoms with van der Waals surface area (Å²) in [5.41, 5.74) is 1.56. The van der Waals surface area contributed by atoms with Crippen LogP contribution in [0.2, 0.25) is 0 Å². The first-order chi connectivity index (χ1) is 10.7. The van der Waals surface area contributed by atoms with Crippen LogP contribution < -0.4 is 10.6 Å². The molecule has 0 spiro atoms. The number of benzene rings is 1. The number of likely N-dealkylation sites (tertiary alicyclic amines) is 1. The summed E-state index contributed by atoms with van der Waals surface area (Å²) >= 11 is 0. The predicted molar refractivity (Wildman–Crippen MR) is 85.6 cm³/mol. The molecular formula is C15H22BN3O3. The quantitative estimate of drug-likeness (QED) is 0.615. The molecule has 0 saturated carbocycles. The topological polar surface area (TPSA) is 81.7 Å². The van der Waals surface area contributed by atoms with Crippen molar-refractivity contribution in [1.82, 2.24) is 15.5 Å². The van der Waals surface area contributed by atoms with Gasteiger partial charge < -0.3 is 20.6 Å². The maximum atomic E-state index is 12.1. The smallest absolute Gasteiger partial charge is 0.293 e. The van der Waals surface area contributed by atoms with Crippen LogP contribution in [-0.2, 0) is 11.3 Å². The molecule has 1 aromatic rings. The summed E-state index contributed by atoms with van der Waals surface area (Å²) in [6.07, 6.45) is 1.72. The molecule has 2 amide bonds. The first kappa shape index (κ1) is 16.5. The molecule has 7 heteroatoms. The molecule has 1 aliphatic heterocycles. The van der Waals surface area contributed by atoms with Crippen LogP contribution in [0, 0.1) is 0 Å². The van der Waals surface area contributed by atoms with Crippen molar-refractivity contribution < 1.29 is 14.6 Å². The second kappa shape index (κ2) is 7.96. The Bertz CT molecular complexity index is 539. The van der Waals surface area contributed by atoms with E-state index in [4.69, 9.17) is 0 Å². The maximum Gasteiger partial charge on any atom is 0.293 e. The zero-order chi connectivity index (χ0) is 15.9. The minimum absolute atomic E-state index is 0.0221. The molecule has 6 nitrogen and oxygen atoms in total. The predicted octanol–water partition coefficient (Wildman–Crippen LogP) is -0.572. The van der Waals surface area contributed by atoms with E-state index in [1.165, 1.54) is 0 Å². The van der Waals surface area contributed by atoms with Gasteiger partial charge in [0.1, 0.15) is 0 Å². The van der Waals surface area contributed by atoms with Crippen molar-refractivity contribution >= 4 is 19.3 Å². The lowest BCUT2D eigenvalue weighted by atomic mass is 9.86. The average Bonchev–Trinajstić information content (AvgIpc) is 3.01. The van der Waals surface area contributed by atoms with Crippen LogP contribution in [0.4, 0.5) is 0 Å². The van der Waals surface area contributed by atoms with Gasteiger partial charge in [-0.15, -0.1) is 0 Å². The highest BCUT2D eigenvalue weighted by molar-refractivity contribution is 6.28. The highest BCUT2D eigenvalue weighted by Crippen LogP contribution is 2.15. The molecule has 0 bridgehead atoms. The fourth-order valence-corrected chi connectivity index (χ4v) is 2.74. The summed E-state index contributed by atoms with van der Waals surface area (Å²) < 4.78 is 0. The van der Waals surface area contributed by atoms with Gasteiger partial charge in [-0.2, -0.15) is 0 Å². The molecule has 1 atom stereocenters. The number of hydrogen-bond acceptors (Lipinski definition) is 4. The van der Waals surface area contributed by atoms with E-state index in [0.717, 1.165) is 18.4 Å². The van der Waals surface area contributed by atoms with Gasteiger partial charge in [-0.05, 0) is 37.6 Å². The minimum atomic E-state index is -0.258. The first-order valence-corrected chi connectivity index (χ1v) is 7.57. The van der Waals surface area contributed by atoms with Crippen LogP contribution in [0.25, 0.3) is 0 Å². The monoisotopic (exact) mass is 303 g/mol. The lowest BCUT2D eigenvalue weighted by molar-refractivity contribution is -0.129. The van der Waals surface area contributed by atoms with Crippen molar-refractivity contribution in [3.05, 3.63) is 35.4 Å². The molecule has 1 saturated heterocycles. The molecular weight excluding hydrogens is 281 g/mol. The number of hydrogen-bond donors (Lipinski definition) is 3. The average molecular weight is 303 g/mol. The molecule has 1 aromatic carbocycles. The minimum Gasteiger partial charge on any atom is -0.452 e. The largest absolute Gasteiger partial charge is 0.452 e.